The number of ether oxygens (including phenoxy) is 1. The van der Waals surface area contributed by atoms with Gasteiger partial charge in [0.25, 0.3) is 11.8 Å². The Morgan fingerprint density at radius 3 is 2.54 bits per heavy atom. The molecule has 0 bridgehead atoms. The predicted molar refractivity (Wildman–Crippen MR) is 169 cm³/mol. The van der Waals surface area contributed by atoms with E-state index >= 15 is 0 Å². The van der Waals surface area contributed by atoms with Crippen molar-refractivity contribution in [1.29, 1.82) is 0 Å². The van der Waals surface area contributed by atoms with Crippen LogP contribution in [0, 0.1) is 6.92 Å². The molecule has 1 saturated heterocycles. The zero-order valence-corrected chi connectivity index (χ0v) is 28.1. The maximum absolute atomic E-state index is 13.3. The number of carbonyl (C=O) groups is 5. The standard InChI is InChI=1S/C28H29N5O12S3/c1-15-5-7-17(8-6-15)48(41,42)44-10-9-16-13-47(40)25-21(24(37)33(25)22(16)26(38)39)31-23(36)20(18-12-46-27(30-18)29-14-34)32-43-11-19(35)45-28(2,3)4/h5-10,12,14,21,25H,11,13H2,1-4H3,(H,31,36)(H,38,39)(H,29,30,34)/b10-9+,32-20-/t21?,25-,47?/m1/s1. The fourth-order valence-corrected chi connectivity index (χ4v) is 7.39. The number of carboxylic acids is 1. The highest BCUT2D eigenvalue weighted by molar-refractivity contribution is 7.87. The van der Waals surface area contributed by atoms with E-state index < -0.39 is 85.5 Å². The zero-order chi connectivity index (χ0) is 35.4. The van der Waals surface area contributed by atoms with Crippen LogP contribution in [0.5, 0.6) is 0 Å². The molecule has 2 aliphatic rings. The molecule has 3 atom stereocenters. The summed E-state index contributed by atoms with van der Waals surface area (Å²) in [5, 5.41) is 18.4. The summed E-state index contributed by atoms with van der Waals surface area (Å²) in [6.45, 7) is 5.97. The van der Waals surface area contributed by atoms with E-state index in [-0.39, 0.29) is 21.3 Å². The van der Waals surface area contributed by atoms with E-state index in [2.05, 4.69) is 20.8 Å². The molecule has 2 unspecified atom stereocenters. The molecule has 20 heteroatoms. The molecule has 1 aromatic heterocycles. The third kappa shape index (κ3) is 8.30. The highest BCUT2D eigenvalue weighted by Crippen LogP contribution is 2.35. The van der Waals surface area contributed by atoms with Crippen molar-refractivity contribution in [2.24, 2.45) is 5.16 Å². The van der Waals surface area contributed by atoms with Crippen LogP contribution in [0.15, 0.2) is 63.3 Å². The van der Waals surface area contributed by atoms with Gasteiger partial charge in [-0.1, -0.05) is 22.9 Å². The van der Waals surface area contributed by atoms with Crippen molar-refractivity contribution in [3.05, 3.63) is 64.5 Å². The van der Waals surface area contributed by atoms with Gasteiger partial charge in [-0.05, 0) is 51.5 Å². The molecular weight excluding hydrogens is 695 g/mol. The molecule has 0 aliphatic carbocycles. The smallest absolute Gasteiger partial charge is 0.352 e. The number of anilines is 1. The Bertz CT molecular complexity index is 1860. The second-order valence-corrected chi connectivity index (χ2v) is 15.0. The number of oxime groups is 1. The average molecular weight is 724 g/mol. The topological polar surface area (TPSA) is 237 Å². The number of allylic oxidation sites excluding steroid dienone is 1. The third-order valence-corrected chi connectivity index (χ3v) is 9.91. The molecule has 4 rings (SSSR count). The Balaban J connectivity index is 1.53. The summed E-state index contributed by atoms with van der Waals surface area (Å²) in [6, 6.07) is 4.30. The van der Waals surface area contributed by atoms with Crippen molar-refractivity contribution in [2.45, 2.75) is 49.6 Å². The summed E-state index contributed by atoms with van der Waals surface area (Å²) < 4.78 is 48.3. The number of hydrogen-bond donors (Lipinski definition) is 3. The lowest BCUT2D eigenvalue weighted by Crippen LogP contribution is -2.74. The van der Waals surface area contributed by atoms with Crippen molar-refractivity contribution >= 4 is 73.3 Å². The predicted octanol–water partition coefficient (Wildman–Crippen LogP) is 0.756. The summed E-state index contributed by atoms with van der Waals surface area (Å²) >= 11 is 0.925. The number of carbonyl (C=O) groups excluding carboxylic acids is 4. The zero-order valence-electron chi connectivity index (χ0n) is 25.7. The van der Waals surface area contributed by atoms with Gasteiger partial charge in [0, 0.05) is 5.38 Å². The molecule has 3 amide bonds. The van der Waals surface area contributed by atoms with Gasteiger partial charge in [-0.25, -0.2) is 14.6 Å². The molecule has 17 nitrogen and oxygen atoms in total. The van der Waals surface area contributed by atoms with Crippen molar-refractivity contribution < 1.29 is 55.5 Å². The van der Waals surface area contributed by atoms with E-state index in [4.69, 9.17) is 13.8 Å². The second-order valence-electron chi connectivity index (χ2n) is 11.0. The van der Waals surface area contributed by atoms with E-state index in [0.717, 1.165) is 34.1 Å². The number of aromatic nitrogens is 1. The highest BCUT2D eigenvalue weighted by atomic mass is 32.2. The third-order valence-electron chi connectivity index (χ3n) is 6.31. The van der Waals surface area contributed by atoms with E-state index in [0.29, 0.717) is 6.41 Å². The lowest BCUT2D eigenvalue weighted by molar-refractivity contribution is -0.160. The van der Waals surface area contributed by atoms with Gasteiger partial charge in [-0.15, -0.1) is 11.3 Å². The number of aliphatic carboxylic acids is 1. The second kappa shape index (κ2) is 14.4. The summed E-state index contributed by atoms with van der Waals surface area (Å²) in [6.07, 6.45) is 2.06. The Labute approximate surface area is 280 Å². The molecule has 0 radical (unpaired) electrons. The van der Waals surface area contributed by atoms with Crippen LogP contribution in [0.3, 0.4) is 0 Å². The minimum absolute atomic E-state index is 0.0828. The first-order valence-electron chi connectivity index (χ1n) is 13.7. The summed E-state index contributed by atoms with van der Waals surface area (Å²) in [4.78, 5) is 71.3. The highest BCUT2D eigenvalue weighted by Gasteiger charge is 2.57. The van der Waals surface area contributed by atoms with Gasteiger partial charge in [0.1, 0.15) is 39.6 Å². The van der Waals surface area contributed by atoms with Crippen LogP contribution in [0.4, 0.5) is 5.13 Å². The van der Waals surface area contributed by atoms with Crippen LogP contribution in [-0.4, -0.2) is 92.9 Å². The van der Waals surface area contributed by atoms with Gasteiger partial charge in [0.15, 0.2) is 10.8 Å². The fraction of sp³-hybridized carbons (Fsp3) is 0.321. The van der Waals surface area contributed by atoms with Gasteiger partial charge < -0.3 is 29.5 Å². The van der Waals surface area contributed by atoms with Gasteiger partial charge in [-0.3, -0.25) is 23.5 Å². The molecule has 3 heterocycles. The van der Waals surface area contributed by atoms with E-state index in [1.165, 1.54) is 17.5 Å². The number of thiazole rings is 1. The molecule has 0 spiro atoms. The number of hydrogen-bond acceptors (Lipinski definition) is 14. The van der Waals surface area contributed by atoms with Gasteiger partial charge >= 0.3 is 22.1 Å². The first kappa shape index (κ1) is 35.9. The van der Waals surface area contributed by atoms with Crippen LogP contribution in [0.1, 0.15) is 32.0 Å². The molecule has 2 aromatic rings. The van der Waals surface area contributed by atoms with Crippen molar-refractivity contribution in [2.75, 3.05) is 17.7 Å². The van der Waals surface area contributed by atoms with Crippen molar-refractivity contribution in [3.8, 4) is 0 Å². The number of nitrogens with zero attached hydrogens (tertiary/aromatic N) is 3. The maximum Gasteiger partial charge on any atom is 0.352 e. The molecule has 0 saturated carbocycles. The number of carboxylic acid groups (broad SMARTS) is 1. The first-order valence-corrected chi connectivity index (χ1v) is 17.4. The van der Waals surface area contributed by atoms with Gasteiger partial charge in [0.05, 0.1) is 16.6 Å². The Morgan fingerprint density at radius 1 is 1.23 bits per heavy atom. The van der Waals surface area contributed by atoms with Crippen LogP contribution >= 0.6 is 11.3 Å². The van der Waals surface area contributed by atoms with Crippen LogP contribution in [0.2, 0.25) is 0 Å². The number of amides is 3. The fourth-order valence-electron chi connectivity index (χ4n) is 4.31. The van der Waals surface area contributed by atoms with E-state index in [1.54, 1.807) is 39.8 Å². The number of benzene rings is 1. The number of nitrogens with one attached hydrogen (secondary N) is 2. The SMILES string of the molecule is Cc1ccc(S(=O)(=O)O/C=C/C2=C(C(=O)O)N3C(=O)C(NC(=O)/C(=N\OCC(=O)OC(C)(C)C)c4csc(NC=O)n4)[C@H]3S(=O)C2)cc1. The molecule has 3 N–H and O–H groups in total. The Morgan fingerprint density at radius 2 is 1.92 bits per heavy atom. The van der Waals surface area contributed by atoms with Crippen molar-refractivity contribution in [1.82, 2.24) is 15.2 Å². The van der Waals surface area contributed by atoms with Crippen LogP contribution < -0.4 is 10.6 Å². The lowest BCUT2D eigenvalue weighted by Gasteiger charge is -2.48. The van der Waals surface area contributed by atoms with E-state index in [1.807, 2.05) is 0 Å². The molecule has 256 valence electrons. The lowest BCUT2D eigenvalue weighted by atomic mass is 10.0. The molecule has 48 heavy (non-hydrogen) atoms. The van der Waals surface area contributed by atoms with Gasteiger partial charge in [0.2, 0.25) is 13.0 Å². The largest absolute Gasteiger partial charge is 0.477 e. The normalized spacial score (nSPS) is 19.7. The van der Waals surface area contributed by atoms with E-state index in [9.17, 15) is 41.7 Å². The molecule has 1 aromatic carbocycles. The van der Waals surface area contributed by atoms with Crippen LogP contribution in [-0.2, 0) is 58.6 Å². The maximum atomic E-state index is 13.3. The molecule has 1 fully saturated rings. The quantitative estimate of drug-likeness (QED) is 0.0493. The number of β-lactam (4-membered cyclic amide) rings is 1. The number of rotatable bonds is 13. The first-order chi connectivity index (χ1) is 22.5. The average Bonchev–Trinajstić information content (AvgIpc) is 3.45. The number of aryl methyl sites for hydroxylation is 1. The number of esters is 1. The monoisotopic (exact) mass is 723 g/mol. The summed E-state index contributed by atoms with van der Waals surface area (Å²) in [5.41, 5.74) is -1.39. The van der Waals surface area contributed by atoms with Gasteiger partial charge in [-0.2, -0.15) is 8.42 Å². The Kier molecular flexibility index (Phi) is 10.8. The minimum Gasteiger partial charge on any atom is -0.477 e. The van der Waals surface area contributed by atoms with Crippen LogP contribution in [0.25, 0.3) is 0 Å². The van der Waals surface area contributed by atoms with Crippen molar-refractivity contribution in [3.63, 3.8) is 0 Å². The Hall–Kier alpha value is -4.95. The molecular formula is C28H29N5O12S3. The summed E-state index contributed by atoms with van der Waals surface area (Å²) in [5.74, 6) is -4.80. The molecule has 2 aliphatic heterocycles. The summed E-state index contributed by atoms with van der Waals surface area (Å²) in [7, 11) is -6.24. The number of fused-ring (bicyclic) bond motifs is 1. The minimum atomic E-state index is -4.26.